The van der Waals surface area contributed by atoms with Gasteiger partial charge in [0.05, 0.1) is 18.8 Å². The molecule has 0 bridgehead atoms. The first kappa shape index (κ1) is 16.4. The average molecular weight is 356 g/mol. The molecule has 8 heteroatoms. The number of rotatable bonds is 4. The second-order valence-corrected chi connectivity index (χ2v) is 6.43. The van der Waals surface area contributed by atoms with Gasteiger partial charge in [-0.15, -0.1) is 0 Å². The molecule has 2 aromatic rings. The molecule has 2 heterocycles. The summed E-state index contributed by atoms with van der Waals surface area (Å²) in [6.07, 6.45) is 4.66. The first-order valence-corrected chi connectivity index (χ1v) is 8.60. The average Bonchev–Trinajstić information content (AvgIpc) is 3.26. The highest BCUT2D eigenvalue weighted by Crippen LogP contribution is 2.32. The maximum absolute atomic E-state index is 12.3. The number of ether oxygens (including phenoxy) is 2. The van der Waals surface area contributed by atoms with Crippen LogP contribution in [0, 0.1) is 0 Å². The first-order valence-electron chi connectivity index (χ1n) is 8.60. The maximum Gasteiger partial charge on any atom is 0.251 e. The minimum atomic E-state index is -0.329. The van der Waals surface area contributed by atoms with Gasteiger partial charge in [-0.3, -0.25) is 14.3 Å². The van der Waals surface area contributed by atoms with Crippen LogP contribution in [0.3, 0.4) is 0 Å². The Morgan fingerprint density at radius 2 is 2.15 bits per heavy atom. The summed E-state index contributed by atoms with van der Waals surface area (Å²) < 4.78 is 12.3. The minimum absolute atomic E-state index is 0.0533. The standard InChI is InChI=1S/C18H20N4O4/c1-22-14-4-2-3-13(12(14)8-20-22)21-17(23)9-19-18(24)11-5-6-15-16(7-11)26-10-25-15/h5-8,13H,2-4,9-10H2,1H3,(H,19,24)(H,21,23). The number of hydrogen-bond donors (Lipinski definition) is 2. The Morgan fingerprint density at radius 1 is 1.31 bits per heavy atom. The Morgan fingerprint density at radius 3 is 3.04 bits per heavy atom. The van der Waals surface area contributed by atoms with E-state index >= 15 is 0 Å². The lowest BCUT2D eigenvalue weighted by atomic mass is 9.93. The van der Waals surface area contributed by atoms with E-state index in [2.05, 4.69) is 15.7 Å². The summed E-state index contributed by atoms with van der Waals surface area (Å²) in [7, 11) is 1.91. The van der Waals surface area contributed by atoms with Crippen LogP contribution < -0.4 is 20.1 Å². The molecular formula is C18H20N4O4. The van der Waals surface area contributed by atoms with E-state index in [1.807, 2.05) is 17.9 Å². The first-order chi connectivity index (χ1) is 12.6. The van der Waals surface area contributed by atoms with E-state index in [9.17, 15) is 9.59 Å². The van der Waals surface area contributed by atoms with Crippen LogP contribution in [0.4, 0.5) is 0 Å². The van der Waals surface area contributed by atoms with E-state index in [1.165, 1.54) is 0 Å². The lowest BCUT2D eigenvalue weighted by molar-refractivity contribution is -0.121. The van der Waals surface area contributed by atoms with E-state index in [0.29, 0.717) is 17.1 Å². The zero-order chi connectivity index (χ0) is 18.1. The molecule has 1 aromatic carbocycles. The van der Waals surface area contributed by atoms with E-state index in [-0.39, 0.29) is 31.2 Å². The molecule has 1 aromatic heterocycles. The number of carbonyl (C=O) groups excluding carboxylic acids is 2. The summed E-state index contributed by atoms with van der Waals surface area (Å²) in [6, 6.07) is 4.88. The molecule has 0 saturated heterocycles. The normalized spacial score (nSPS) is 17.5. The van der Waals surface area contributed by atoms with Crippen molar-refractivity contribution in [3.63, 3.8) is 0 Å². The molecule has 8 nitrogen and oxygen atoms in total. The van der Waals surface area contributed by atoms with E-state index in [4.69, 9.17) is 9.47 Å². The Kier molecular flexibility index (Phi) is 4.24. The van der Waals surface area contributed by atoms with E-state index in [0.717, 1.165) is 30.5 Å². The predicted octanol–water partition coefficient (Wildman–Crippen LogP) is 1.07. The summed E-state index contributed by atoms with van der Waals surface area (Å²) in [4.78, 5) is 24.5. The van der Waals surface area contributed by atoms with Crippen LogP contribution in [-0.2, 0) is 18.3 Å². The Labute approximate surface area is 150 Å². The van der Waals surface area contributed by atoms with Crippen molar-refractivity contribution in [3.05, 3.63) is 41.2 Å². The molecule has 136 valence electrons. The van der Waals surface area contributed by atoms with Crippen molar-refractivity contribution in [3.8, 4) is 11.5 Å². The van der Waals surface area contributed by atoms with Gasteiger partial charge in [0.15, 0.2) is 11.5 Å². The number of amides is 2. The topological polar surface area (TPSA) is 94.5 Å². The molecule has 2 aliphatic rings. The number of fused-ring (bicyclic) bond motifs is 2. The van der Waals surface area contributed by atoms with Crippen LogP contribution in [0.5, 0.6) is 11.5 Å². The van der Waals surface area contributed by atoms with Crippen molar-refractivity contribution in [1.82, 2.24) is 20.4 Å². The summed E-state index contributed by atoms with van der Waals surface area (Å²) >= 11 is 0. The van der Waals surface area contributed by atoms with Crippen molar-refractivity contribution in [2.75, 3.05) is 13.3 Å². The lowest BCUT2D eigenvalue weighted by Gasteiger charge is -2.23. The van der Waals surface area contributed by atoms with Gasteiger partial charge in [-0.2, -0.15) is 5.10 Å². The van der Waals surface area contributed by atoms with Gasteiger partial charge in [0, 0.05) is 23.9 Å². The third-order valence-electron chi connectivity index (χ3n) is 4.76. The highest BCUT2D eigenvalue weighted by atomic mass is 16.7. The number of benzene rings is 1. The molecule has 26 heavy (non-hydrogen) atoms. The summed E-state index contributed by atoms with van der Waals surface area (Å²) in [6.45, 7) is 0.0693. The molecule has 0 spiro atoms. The number of nitrogens with zero attached hydrogens (tertiary/aromatic N) is 2. The Bertz CT molecular complexity index is 861. The molecule has 1 unspecified atom stereocenters. The third-order valence-corrected chi connectivity index (χ3v) is 4.76. The van der Waals surface area contributed by atoms with Crippen LogP contribution >= 0.6 is 0 Å². The fourth-order valence-corrected chi connectivity index (χ4v) is 3.40. The largest absolute Gasteiger partial charge is 0.454 e. The number of carbonyl (C=O) groups is 2. The van der Waals surface area contributed by atoms with Crippen LogP contribution in [0.25, 0.3) is 0 Å². The zero-order valence-corrected chi connectivity index (χ0v) is 14.4. The van der Waals surface area contributed by atoms with Gasteiger partial charge in [-0.1, -0.05) is 0 Å². The monoisotopic (exact) mass is 356 g/mol. The van der Waals surface area contributed by atoms with Crippen molar-refractivity contribution in [2.45, 2.75) is 25.3 Å². The Balaban J connectivity index is 1.34. The molecule has 1 aliphatic carbocycles. The van der Waals surface area contributed by atoms with Gasteiger partial charge in [-0.05, 0) is 37.5 Å². The quantitative estimate of drug-likeness (QED) is 0.855. The van der Waals surface area contributed by atoms with Crippen molar-refractivity contribution in [1.29, 1.82) is 0 Å². The predicted molar refractivity (Wildman–Crippen MR) is 91.9 cm³/mol. The summed E-state index contributed by atoms with van der Waals surface area (Å²) in [5, 5.41) is 9.90. The number of hydrogen-bond acceptors (Lipinski definition) is 5. The van der Waals surface area contributed by atoms with Crippen molar-refractivity contribution >= 4 is 11.8 Å². The number of aryl methyl sites for hydroxylation is 1. The maximum atomic E-state index is 12.3. The van der Waals surface area contributed by atoms with Crippen LogP contribution in [0.15, 0.2) is 24.4 Å². The molecule has 2 N–H and O–H groups in total. The number of aromatic nitrogens is 2. The molecule has 0 radical (unpaired) electrons. The SMILES string of the molecule is Cn1ncc2c1CCCC2NC(=O)CNC(=O)c1ccc2c(c1)OCO2. The molecule has 1 aliphatic heterocycles. The Hall–Kier alpha value is -3.03. The lowest BCUT2D eigenvalue weighted by Crippen LogP contribution is -2.39. The summed E-state index contributed by atoms with van der Waals surface area (Å²) in [5.74, 6) is 0.599. The van der Waals surface area contributed by atoms with Crippen LogP contribution in [0.2, 0.25) is 0 Å². The zero-order valence-electron chi connectivity index (χ0n) is 14.4. The van der Waals surface area contributed by atoms with Gasteiger partial charge >= 0.3 is 0 Å². The third kappa shape index (κ3) is 3.10. The van der Waals surface area contributed by atoms with Crippen molar-refractivity contribution < 1.29 is 19.1 Å². The van der Waals surface area contributed by atoms with Gasteiger partial charge in [-0.25, -0.2) is 0 Å². The molecule has 0 saturated carbocycles. The molecular weight excluding hydrogens is 336 g/mol. The van der Waals surface area contributed by atoms with Crippen LogP contribution in [-0.4, -0.2) is 34.9 Å². The highest BCUT2D eigenvalue weighted by Gasteiger charge is 2.25. The minimum Gasteiger partial charge on any atom is -0.454 e. The fraction of sp³-hybridized carbons (Fsp3) is 0.389. The van der Waals surface area contributed by atoms with Gasteiger partial charge in [0.2, 0.25) is 12.7 Å². The highest BCUT2D eigenvalue weighted by molar-refractivity contribution is 5.97. The van der Waals surface area contributed by atoms with Gasteiger partial charge < -0.3 is 20.1 Å². The second kappa shape index (κ2) is 6.70. The smallest absolute Gasteiger partial charge is 0.251 e. The number of nitrogens with one attached hydrogen (secondary N) is 2. The second-order valence-electron chi connectivity index (χ2n) is 6.43. The van der Waals surface area contributed by atoms with E-state index in [1.54, 1.807) is 18.2 Å². The molecule has 4 rings (SSSR count). The fourth-order valence-electron chi connectivity index (χ4n) is 3.40. The molecule has 1 atom stereocenters. The van der Waals surface area contributed by atoms with Crippen LogP contribution in [0.1, 0.15) is 40.5 Å². The summed E-state index contributed by atoms with van der Waals surface area (Å²) in [5.41, 5.74) is 2.65. The molecule has 0 fully saturated rings. The molecule has 2 amide bonds. The van der Waals surface area contributed by atoms with Crippen molar-refractivity contribution in [2.24, 2.45) is 7.05 Å². The van der Waals surface area contributed by atoms with Gasteiger partial charge in [0.25, 0.3) is 5.91 Å². The van der Waals surface area contributed by atoms with Gasteiger partial charge in [0.1, 0.15) is 0 Å². The van der Waals surface area contributed by atoms with E-state index < -0.39 is 0 Å².